The van der Waals surface area contributed by atoms with Gasteiger partial charge in [-0.15, -0.1) is 0 Å². The molecule has 0 aliphatic carbocycles. The van der Waals surface area contributed by atoms with Crippen molar-refractivity contribution in [3.05, 3.63) is 63.4 Å². The van der Waals surface area contributed by atoms with E-state index < -0.39 is 26.7 Å². The summed E-state index contributed by atoms with van der Waals surface area (Å²) in [6.07, 6.45) is -3.20. The van der Waals surface area contributed by atoms with Crippen LogP contribution in [0.3, 0.4) is 0 Å². The average molecular weight is 510 g/mol. The van der Waals surface area contributed by atoms with Crippen LogP contribution in [0.1, 0.15) is 41.5 Å². The first kappa shape index (κ1) is 23.7. The number of nitrogens with zero attached hydrogens (tertiary/aromatic N) is 3. The normalized spacial score (nSPS) is 17.9. The lowest BCUT2D eigenvalue weighted by Crippen LogP contribution is -2.38. The Labute approximate surface area is 198 Å². The first-order chi connectivity index (χ1) is 16.6. The number of rotatable bonds is 4. The van der Waals surface area contributed by atoms with Crippen LogP contribution in [-0.4, -0.2) is 47.5 Å². The van der Waals surface area contributed by atoms with Gasteiger partial charge in [-0.25, -0.2) is 8.42 Å². The molecule has 9 nitrogen and oxygen atoms in total. The molecule has 0 saturated carbocycles. The summed E-state index contributed by atoms with van der Waals surface area (Å²) >= 11 is 0. The van der Waals surface area contributed by atoms with Gasteiger partial charge < -0.3 is 14.8 Å². The second-order valence-corrected chi connectivity index (χ2v) is 10.5. The number of nitrogens with one attached hydrogen (secondary N) is 2. The van der Waals surface area contributed by atoms with Crippen LogP contribution in [0.15, 0.2) is 44.5 Å². The van der Waals surface area contributed by atoms with E-state index in [9.17, 15) is 26.4 Å². The summed E-state index contributed by atoms with van der Waals surface area (Å²) in [6, 6.07) is 5.48. The quantitative estimate of drug-likeness (QED) is 0.555. The van der Waals surface area contributed by atoms with Gasteiger partial charge in [0.2, 0.25) is 21.7 Å². The lowest BCUT2D eigenvalue weighted by Gasteiger charge is -2.29. The summed E-state index contributed by atoms with van der Waals surface area (Å²) in [5, 5.41) is 7.19. The maximum absolute atomic E-state index is 13.0. The smallest absolute Gasteiger partial charge is 0.339 e. The molecule has 186 valence electrons. The molecule has 35 heavy (non-hydrogen) atoms. The van der Waals surface area contributed by atoms with Crippen LogP contribution >= 0.6 is 0 Å². The molecule has 1 fully saturated rings. The number of fused-ring (bicyclic) bond motifs is 1. The van der Waals surface area contributed by atoms with E-state index in [0.717, 1.165) is 46.7 Å². The Balaban J connectivity index is 1.30. The molecule has 0 unspecified atom stereocenters. The Hall–Kier alpha value is -3.03. The van der Waals surface area contributed by atoms with E-state index in [2.05, 4.69) is 20.4 Å². The molecule has 5 rings (SSSR count). The zero-order valence-corrected chi connectivity index (χ0v) is 19.2. The van der Waals surface area contributed by atoms with Crippen LogP contribution < -0.4 is 10.9 Å². The largest absolute Gasteiger partial charge is 0.416 e. The van der Waals surface area contributed by atoms with E-state index in [0.29, 0.717) is 36.9 Å². The molecule has 0 spiro atoms. The topological polar surface area (TPSA) is 121 Å². The predicted molar refractivity (Wildman–Crippen MR) is 118 cm³/mol. The molecular weight excluding hydrogens is 487 g/mol. The Bertz CT molecular complexity index is 1410. The molecule has 2 N–H and O–H groups in total. The number of hydrogen-bond acceptors (Lipinski definition) is 7. The van der Waals surface area contributed by atoms with Crippen molar-refractivity contribution < 1.29 is 26.1 Å². The molecule has 0 radical (unpaired) electrons. The third-order valence-corrected chi connectivity index (χ3v) is 8.26. The molecule has 0 atom stereocenters. The van der Waals surface area contributed by atoms with Gasteiger partial charge in [0.15, 0.2) is 0 Å². The minimum Gasteiger partial charge on any atom is -0.339 e. The first-order valence-corrected chi connectivity index (χ1v) is 12.5. The van der Waals surface area contributed by atoms with Gasteiger partial charge in [0, 0.05) is 44.2 Å². The van der Waals surface area contributed by atoms with Gasteiger partial charge in [-0.1, -0.05) is 11.2 Å². The molecule has 1 aromatic carbocycles. The number of piperidine rings is 1. The van der Waals surface area contributed by atoms with Crippen LogP contribution in [0.4, 0.5) is 13.2 Å². The monoisotopic (exact) mass is 509 g/mol. The Morgan fingerprint density at radius 2 is 1.91 bits per heavy atom. The number of aromatic nitrogens is 3. The predicted octanol–water partition coefficient (Wildman–Crippen LogP) is 2.66. The molecule has 3 aromatic rings. The number of sulfonamides is 1. The average Bonchev–Trinajstić information content (AvgIpc) is 3.33. The molecule has 4 heterocycles. The van der Waals surface area contributed by atoms with Crippen LogP contribution in [0.5, 0.6) is 0 Å². The highest BCUT2D eigenvalue weighted by Crippen LogP contribution is 2.34. The lowest BCUT2D eigenvalue weighted by molar-refractivity contribution is -0.137. The van der Waals surface area contributed by atoms with Crippen molar-refractivity contribution in [2.75, 3.05) is 19.6 Å². The third kappa shape index (κ3) is 4.62. The Kier molecular flexibility index (Phi) is 6.01. The van der Waals surface area contributed by atoms with Gasteiger partial charge in [-0.05, 0) is 42.7 Å². The van der Waals surface area contributed by atoms with Crippen molar-refractivity contribution in [1.82, 2.24) is 24.7 Å². The summed E-state index contributed by atoms with van der Waals surface area (Å²) < 4.78 is 71.4. The van der Waals surface area contributed by atoms with Crippen LogP contribution in [-0.2, 0) is 29.2 Å². The molecule has 1 saturated heterocycles. The van der Waals surface area contributed by atoms with Gasteiger partial charge in [0.1, 0.15) is 0 Å². The summed E-state index contributed by atoms with van der Waals surface area (Å²) in [4.78, 5) is 19.4. The van der Waals surface area contributed by atoms with Crippen LogP contribution in [0.2, 0.25) is 0 Å². The fraction of sp³-hybridized carbons (Fsp3) is 0.409. The lowest BCUT2D eigenvalue weighted by atomic mass is 9.98. The van der Waals surface area contributed by atoms with Gasteiger partial charge in [-0.3, -0.25) is 4.79 Å². The number of H-pyrrole nitrogens is 1. The Morgan fingerprint density at radius 1 is 1.14 bits per heavy atom. The molecule has 2 aliphatic heterocycles. The summed E-state index contributed by atoms with van der Waals surface area (Å²) in [6.45, 7) is 1.59. The molecular formula is C22H22F3N5O4S. The maximum Gasteiger partial charge on any atom is 0.416 e. The number of halogens is 3. The number of aromatic amines is 1. The highest BCUT2D eigenvalue weighted by molar-refractivity contribution is 7.89. The highest BCUT2D eigenvalue weighted by atomic mass is 32.2. The van der Waals surface area contributed by atoms with E-state index in [4.69, 9.17) is 4.52 Å². The summed E-state index contributed by atoms with van der Waals surface area (Å²) in [5.41, 5.74) is 0.827. The highest BCUT2D eigenvalue weighted by Gasteiger charge is 2.35. The minimum atomic E-state index is -4.63. The fourth-order valence-corrected chi connectivity index (χ4v) is 5.95. The molecule has 0 amide bonds. The van der Waals surface area contributed by atoms with Crippen LogP contribution in [0.25, 0.3) is 11.4 Å². The number of hydrogen-bond donors (Lipinski definition) is 2. The standard InChI is InChI=1S/C22H22F3N5O4S/c23-22(24,25)15-2-1-3-16(11-15)35(32,33)30-8-5-13(6-9-30)21-28-19(29-34-21)17-10-14-12-26-7-4-18(14)27-20(17)31/h1-3,10-11,13,26H,4-9,12H2,(H,27,31). The van der Waals surface area contributed by atoms with E-state index in [-0.39, 0.29) is 30.4 Å². The minimum absolute atomic E-state index is 0.0893. The SMILES string of the molecule is O=c1[nH]c2c(cc1-c1noc(C3CCN(S(=O)(=O)c4cccc(C(F)(F)F)c4)CC3)n1)CNCC2. The second kappa shape index (κ2) is 8.88. The fourth-order valence-electron chi connectivity index (χ4n) is 4.43. The molecule has 13 heteroatoms. The first-order valence-electron chi connectivity index (χ1n) is 11.1. The number of alkyl halides is 3. The van der Waals surface area contributed by atoms with Gasteiger partial charge >= 0.3 is 6.18 Å². The van der Waals surface area contributed by atoms with Crippen molar-refractivity contribution in [2.24, 2.45) is 0 Å². The van der Waals surface area contributed by atoms with Crippen molar-refractivity contribution in [3.63, 3.8) is 0 Å². The van der Waals surface area contributed by atoms with E-state index in [1.807, 2.05) is 0 Å². The van der Waals surface area contributed by atoms with Crippen molar-refractivity contribution >= 4 is 10.0 Å². The maximum atomic E-state index is 13.0. The Morgan fingerprint density at radius 3 is 2.66 bits per heavy atom. The van der Waals surface area contributed by atoms with E-state index >= 15 is 0 Å². The van der Waals surface area contributed by atoms with Gasteiger partial charge in [0.25, 0.3) is 5.56 Å². The van der Waals surface area contributed by atoms with E-state index in [1.54, 1.807) is 6.07 Å². The second-order valence-electron chi connectivity index (χ2n) is 8.60. The molecule has 0 bridgehead atoms. The van der Waals surface area contributed by atoms with E-state index in [1.165, 1.54) is 0 Å². The zero-order valence-electron chi connectivity index (χ0n) is 18.4. The van der Waals surface area contributed by atoms with Crippen molar-refractivity contribution in [1.29, 1.82) is 0 Å². The molecule has 2 aromatic heterocycles. The number of benzene rings is 1. The summed E-state index contributed by atoms with van der Waals surface area (Å²) in [5.74, 6) is 0.225. The summed E-state index contributed by atoms with van der Waals surface area (Å²) in [7, 11) is -4.09. The van der Waals surface area contributed by atoms with Crippen LogP contribution in [0, 0.1) is 0 Å². The number of pyridine rings is 1. The van der Waals surface area contributed by atoms with Crippen molar-refractivity contribution in [3.8, 4) is 11.4 Å². The van der Waals surface area contributed by atoms with Gasteiger partial charge in [0.05, 0.1) is 16.0 Å². The third-order valence-electron chi connectivity index (χ3n) is 6.37. The molecule has 2 aliphatic rings. The zero-order chi connectivity index (χ0) is 24.8. The van der Waals surface area contributed by atoms with Crippen molar-refractivity contribution in [2.45, 2.75) is 42.8 Å². The van der Waals surface area contributed by atoms with Gasteiger partial charge in [-0.2, -0.15) is 22.5 Å².